The third kappa shape index (κ3) is 6.25. The van der Waals surface area contributed by atoms with Crippen molar-refractivity contribution in [2.24, 2.45) is 11.7 Å². The summed E-state index contributed by atoms with van der Waals surface area (Å²) in [5.74, 6) is -1.67. The lowest BCUT2D eigenvalue weighted by molar-refractivity contribution is -0.132. The Labute approximate surface area is 152 Å². The number of piperidine rings is 1. The molecule has 0 aromatic heterocycles. The topological polar surface area (TPSA) is 75.4 Å². The molecular weight excluding hydrogens is 352 g/mol. The fourth-order valence-electron chi connectivity index (χ4n) is 2.79. The standard InChI is InChI=1S/C17H23F2N3O2.ClH/c18-13-3-4-14(15(19)10-13)17(24)21-7-1-2-16(23)22-8-5-12(11-20)6-9-22;/h3-4,10,12H,1-2,5-9,11,20H2,(H,21,24);1H. The summed E-state index contributed by atoms with van der Waals surface area (Å²) in [5, 5.41) is 2.55. The maximum absolute atomic E-state index is 13.5. The number of halogens is 3. The Kier molecular flexibility index (Phi) is 8.78. The van der Waals surface area contributed by atoms with E-state index in [2.05, 4.69) is 5.32 Å². The normalized spacial score (nSPS) is 14.8. The molecular formula is C17H24ClF2N3O2. The SMILES string of the molecule is Cl.NCC1CCN(C(=O)CCCNC(=O)c2ccc(F)cc2F)CC1. The van der Waals surface area contributed by atoms with Crippen molar-refractivity contribution in [3.63, 3.8) is 0 Å². The molecule has 0 aliphatic carbocycles. The van der Waals surface area contributed by atoms with Gasteiger partial charge < -0.3 is 16.0 Å². The van der Waals surface area contributed by atoms with Crippen molar-refractivity contribution in [2.45, 2.75) is 25.7 Å². The third-order valence-corrected chi connectivity index (χ3v) is 4.33. The van der Waals surface area contributed by atoms with Gasteiger partial charge in [0, 0.05) is 32.1 Å². The predicted molar refractivity (Wildman–Crippen MR) is 93.5 cm³/mol. The summed E-state index contributed by atoms with van der Waals surface area (Å²) in [7, 11) is 0. The molecule has 1 aliphatic rings. The lowest BCUT2D eigenvalue weighted by atomic mass is 9.97. The number of carbonyl (C=O) groups excluding carboxylic acids is 2. The van der Waals surface area contributed by atoms with Crippen LogP contribution in [-0.2, 0) is 4.79 Å². The number of likely N-dealkylation sites (tertiary alicyclic amines) is 1. The summed E-state index contributed by atoms with van der Waals surface area (Å²) in [6.07, 6.45) is 2.68. The van der Waals surface area contributed by atoms with E-state index in [4.69, 9.17) is 5.73 Å². The molecule has 0 bridgehead atoms. The van der Waals surface area contributed by atoms with Gasteiger partial charge in [0.15, 0.2) is 0 Å². The smallest absolute Gasteiger partial charge is 0.254 e. The van der Waals surface area contributed by atoms with Crippen LogP contribution in [0, 0.1) is 17.6 Å². The summed E-state index contributed by atoms with van der Waals surface area (Å²) in [5.41, 5.74) is 5.42. The summed E-state index contributed by atoms with van der Waals surface area (Å²) in [6.45, 7) is 2.39. The molecule has 1 saturated heterocycles. The number of amides is 2. The minimum Gasteiger partial charge on any atom is -0.352 e. The molecule has 25 heavy (non-hydrogen) atoms. The van der Waals surface area contributed by atoms with Crippen LogP contribution in [0.5, 0.6) is 0 Å². The lowest BCUT2D eigenvalue weighted by Gasteiger charge is -2.31. The van der Waals surface area contributed by atoms with Gasteiger partial charge in [-0.15, -0.1) is 12.4 Å². The van der Waals surface area contributed by atoms with Gasteiger partial charge in [0.05, 0.1) is 5.56 Å². The molecule has 2 amide bonds. The molecule has 0 radical (unpaired) electrons. The number of hydrogen-bond acceptors (Lipinski definition) is 3. The molecule has 5 nitrogen and oxygen atoms in total. The zero-order valence-electron chi connectivity index (χ0n) is 14.0. The van der Waals surface area contributed by atoms with Crippen molar-refractivity contribution in [1.82, 2.24) is 10.2 Å². The van der Waals surface area contributed by atoms with Gasteiger partial charge in [-0.05, 0) is 43.9 Å². The average molecular weight is 376 g/mol. The van der Waals surface area contributed by atoms with Crippen molar-refractivity contribution in [3.8, 4) is 0 Å². The van der Waals surface area contributed by atoms with Crippen LogP contribution in [-0.4, -0.2) is 42.9 Å². The molecule has 1 heterocycles. The second-order valence-corrected chi connectivity index (χ2v) is 6.04. The first-order valence-electron chi connectivity index (χ1n) is 8.22. The molecule has 1 aliphatic heterocycles. The molecule has 0 spiro atoms. The monoisotopic (exact) mass is 375 g/mol. The zero-order valence-corrected chi connectivity index (χ0v) is 14.8. The highest BCUT2D eigenvalue weighted by atomic mass is 35.5. The van der Waals surface area contributed by atoms with E-state index < -0.39 is 17.5 Å². The fraction of sp³-hybridized carbons (Fsp3) is 0.529. The summed E-state index contributed by atoms with van der Waals surface area (Å²) in [6, 6.07) is 2.81. The molecule has 2 rings (SSSR count). The molecule has 1 aromatic carbocycles. The molecule has 8 heteroatoms. The second-order valence-electron chi connectivity index (χ2n) is 6.04. The Morgan fingerprint density at radius 3 is 2.52 bits per heavy atom. The van der Waals surface area contributed by atoms with E-state index in [1.165, 1.54) is 0 Å². The number of carbonyl (C=O) groups is 2. The van der Waals surface area contributed by atoms with Crippen molar-refractivity contribution in [3.05, 3.63) is 35.4 Å². The van der Waals surface area contributed by atoms with Crippen molar-refractivity contribution in [1.29, 1.82) is 0 Å². The number of nitrogens with one attached hydrogen (secondary N) is 1. The van der Waals surface area contributed by atoms with Gasteiger partial charge in [-0.3, -0.25) is 9.59 Å². The maximum Gasteiger partial charge on any atom is 0.254 e. The highest BCUT2D eigenvalue weighted by Crippen LogP contribution is 2.16. The Morgan fingerprint density at radius 2 is 1.92 bits per heavy atom. The van der Waals surface area contributed by atoms with E-state index in [1.807, 2.05) is 4.90 Å². The highest BCUT2D eigenvalue weighted by molar-refractivity contribution is 5.94. The van der Waals surface area contributed by atoms with E-state index >= 15 is 0 Å². The van der Waals surface area contributed by atoms with Crippen LogP contribution in [0.4, 0.5) is 8.78 Å². The lowest BCUT2D eigenvalue weighted by Crippen LogP contribution is -2.40. The van der Waals surface area contributed by atoms with Crippen molar-refractivity contribution < 1.29 is 18.4 Å². The van der Waals surface area contributed by atoms with Gasteiger partial charge in [0.2, 0.25) is 5.91 Å². The zero-order chi connectivity index (χ0) is 17.5. The van der Waals surface area contributed by atoms with Crippen LogP contribution in [0.1, 0.15) is 36.0 Å². The van der Waals surface area contributed by atoms with Crippen LogP contribution in [0.25, 0.3) is 0 Å². The quantitative estimate of drug-likeness (QED) is 0.747. The van der Waals surface area contributed by atoms with Gasteiger partial charge in [0.1, 0.15) is 11.6 Å². The number of hydrogen-bond donors (Lipinski definition) is 2. The molecule has 140 valence electrons. The van der Waals surface area contributed by atoms with Gasteiger partial charge in [-0.2, -0.15) is 0 Å². The largest absolute Gasteiger partial charge is 0.352 e. The number of nitrogens with two attached hydrogens (primary N) is 1. The first-order valence-corrected chi connectivity index (χ1v) is 8.22. The molecule has 0 unspecified atom stereocenters. The van der Waals surface area contributed by atoms with Crippen LogP contribution < -0.4 is 11.1 Å². The van der Waals surface area contributed by atoms with E-state index in [0.717, 1.165) is 38.1 Å². The number of nitrogens with zero attached hydrogens (tertiary/aromatic N) is 1. The molecule has 0 saturated carbocycles. The Hall–Kier alpha value is -1.73. The van der Waals surface area contributed by atoms with Gasteiger partial charge >= 0.3 is 0 Å². The Balaban J connectivity index is 0.00000312. The predicted octanol–water partition coefficient (Wildman–Crippen LogP) is 2.09. The third-order valence-electron chi connectivity index (χ3n) is 4.33. The number of benzene rings is 1. The first kappa shape index (κ1) is 21.3. The molecule has 1 fully saturated rings. The van der Waals surface area contributed by atoms with Gasteiger partial charge in [-0.25, -0.2) is 8.78 Å². The Morgan fingerprint density at radius 1 is 1.24 bits per heavy atom. The van der Waals surface area contributed by atoms with Crippen LogP contribution >= 0.6 is 12.4 Å². The van der Waals surface area contributed by atoms with E-state index in [-0.39, 0.29) is 30.4 Å². The number of rotatable bonds is 6. The summed E-state index contributed by atoms with van der Waals surface area (Å²) < 4.78 is 26.3. The minimum absolute atomic E-state index is 0. The second kappa shape index (κ2) is 10.3. The van der Waals surface area contributed by atoms with Crippen molar-refractivity contribution >= 4 is 24.2 Å². The van der Waals surface area contributed by atoms with Crippen LogP contribution in [0.15, 0.2) is 18.2 Å². The maximum atomic E-state index is 13.5. The fourth-order valence-corrected chi connectivity index (χ4v) is 2.79. The van der Waals surface area contributed by atoms with Crippen molar-refractivity contribution in [2.75, 3.05) is 26.2 Å². The summed E-state index contributed by atoms with van der Waals surface area (Å²) >= 11 is 0. The molecule has 0 atom stereocenters. The summed E-state index contributed by atoms with van der Waals surface area (Å²) in [4.78, 5) is 25.7. The van der Waals surface area contributed by atoms with Crippen LogP contribution in [0.2, 0.25) is 0 Å². The molecule has 1 aromatic rings. The average Bonchev–Trinajstić information content (AvgIpc) is 2.58. The Bertz CT molecular complexity index is 593. The first-order chi connectivity index (χ1) is 11.5. The minimum atomic E-state index is -0.897. The van der Waals surface area contributed by atoms with E-state index in [1.54, 1.807) is 0 Å². The van der Waals surface area contributed by atoms with E-state index in [9.17, 15) is 18.4 Å². The molecule has 3 N–H and O–H groups in total. The van der Waals surface area contributed by atoms with Gasteiger partial charge in [-0.1, -0.05) is 0 Å². The van der Waals surface area contributed by atoms with E-state index in [0.29, 0.717) is 31.4 Å². The highest BCUT2D eigenvalue weighted by Gasteiger charge is 2.21. The van der Waals surface area contributed by atoms with Crippen LogP contribution in [0.3, 0.4) is 0 Å². The van der Waals surface area contributed by atoms with Gasteiger partial charge in [0.25, 0.3) is 5.91 Å².